The van der Waals surface area contributed by atoms with E-state index in [0.717, 1.165) is 11.1 Å². The van der Waals surface area contributed by atoms with E-state index in [2.05, 4.69) is 25.6 Å². The molecule has 150 valence electrons. The molecule has 1 amide bonds. The first-order valence-corrected chi connectivity index (χ1v) is 10.6. The quantitative estimate of drug-likeness (QED) is 0.323. The fourth-order valence-corrected chi connectivity index (χ4v) is 4.14. The van der Waals surface area contributed by atoms with Gasteiger partial charge in [0.05, 0.1) is 11.5 Å². The molecule has 0 N–H and O–H groups in total. The minimum absolute atomic E-state index is 0.0993. The predicted octanol–water partition coefficient (Wildman–Crippen LogP) is 5.36. The highest BCUT2D eigenvalue weighted by atomic mass is 32.2. The third kappa shape index (κ3) is 5.08. The monoisotopic (exact) mass is 425 g/mol. The highest BCUT2D eigenvalue weighted by Crippen LogP contribution is 2.35. The van der Waals surface area contributed by atoms with Gasteiger partial charge in [0.1, 0.15) is 10.9 Å². The number of carbonyl (C=O) groups excluding carboxylic acids is 1. The zero-order valence-electron chi connectivity index (χ0n) is 16.5. The van der Waals surface area contributed by atoms with Gasteiger partial charge in [0.15, 0.2) is 11.5 Å². The highest BCUT2D eigenvalue weighted by molar-refractivity contribution is 8.26. The molecular weight excluding hydrogens is 402 g/mol. The average molecular weight is 426 g/mol. The molecule has 29 heavy (non-hydrogen) atoms. The number of nitrogens with zero attached hydrogens (tertiary/aromatic N) is 1. The van der Waals surface area contributed by atoms with Crippen molar-refractivity contribution in [1.29, 1.82) is 0 Å². The topological polar surface area (TPSA) is 38.8 Å². The molecule has 0 bridgehead atoms. The van der Waals surface area contributed by atoms with Crippen molar-refractivity contribution in [2.45, 2.75) is 20.5 Å². The molecule has 0 aliphatic carbocycles. The summed E-state index contributed by atoms with van der Waals surface area (Å²) in [5, 5.41) is 0. The number of aryl methyl sites for hydroxylation is 1. The smallest absolute Gasteiger partial charge is 0.266 e. The van der Waals surface area contributed by atoms with Gasteiger partial charge in [-0.3, -0.25) is 9.69 Å². The van der Waals surface area contributed by atoms with Crippen LogP contribution >= 0.6 is 24.0 Å². The molecule has 0 aromatic heterocycles. The number of carbonyl (C=O) groups is 1. The summed E-state index contributed by atoms with van der Waals surface area (Å²) in [4.78, 5) is 14.7. The molecule has 3 rings (SSSR count). The molecule has 0 radical (unpaired) electrons. The minimum atomic E-state index is -0.0993. The second-order valence-corrected chi connectivity index (χ2v) is 8.11. The summed E-state index contributed by atoms with van der Waals surface area (Å²) < 4.78 is 12.3. The average Bonchev–Trinajstić information content (AvgIpc) is 2.96. The van der Waals surface area contributed by atoms with Crippen molar-refractivity contribution < 1.29 is 14.3 Å². The highest BCUT2D eigenvalue weighted by Gasteiger charge is 2.31. The van der Waals surface area contributed by atoms with E-state index in [1.165, 1.54) is 17.3 Å². The molecule has 1 fully saturated rings. The molecule has 0 unspecified atom stereocenters. The van der Waals surface area contributed by atoms with Crippen molar-refractivity contribution in [2.24, 2.45) is 0 Å². The maximum atomic E-state index is 12.5. The van der Waals surface area contributed by atoms with Gasteiger partial charge in [-0.05, 0) is 48.7 Å². The number of benzene rings is 2. The number of thiocarbonyl (C=S) groups is 1. The van der Waals surface area contributed by atoms with E-state index in [4.69, 9.17) is 21.7 Å². The molecule has 2 aromatic rings. The lowest BCUT2D eigenvalue weighted by molar-refractivity contribution is -0.121. The summed E-state index contributed by atoms with van der Waals surface area (Å²) in [5.41, 5.74) is 3.17. The lowest BCUT2D eigenvalue weighted by atomic mass is 10.1. The van der Waals surface area contributed by atoms with E-state index in [9.17, 15) is 4.79 Å². The Labute approximate surface area is 181 Å². The van der Waals surface area contributed by atoms with Gasteiger partial charge in [0, 0.05) is 6.54 Å². The van der Waals surface area contributed by atoms with Crippen LogP contribution in [0, 0.1) is 6.92 Å². The van der Waals surface area contributed by atoms with Crippen LogP contribution in [0.15, 0.2) is 60.0 Å². The first kappa shape index (κ1) is 21.1. The van der Waals surface area contributed by atoms with Crippen molar-refractivity contribution in [1.82, 2.24) is 4.90 Å². The summed E-state index contributed by atoms with van der Waals surface area (Å²) in [7, 11) is 0. The Morgan fingerprint density at radius 2 is 1.97 bits per heavy atom. The van der Waals surface area contributed by atoms with E-state index < -0.39 is 0 Å². The SMILES string of the molecule is C=CCN1C(=O)/C(=C/c2ccc(OCc3ccccc3C)c(OCC)c2)SC1=S. The maximum absolute atomic E-state index is 12.5. The van der Waals surface area contributed by atoms with Gasteiger partial charge < -0.3 is 9.47 Å². The molecular formula is C23H23NO3S2. The van der Waals surface area contributed by atoms with Crippen molar-refractivity contribution in [3.63, 3.8) is 0 Å². The number of thioether (sulfide) groups is 1. The summed E-state index contributed by atoms with van der Waals surface area (Å²) in [6.45, 7) is 9.07. The normalized spacial score (nSPS) is 15.1. The molecule has 1 saturated heterocycles. The fraction of sp³-hybridized carbons (Fsp3) is 0.217. The predicted molar refractivity (Wildman–Crippen MR) is 123 cm³/mol. The first-order chi connectivity index (χ1) is 14.0. The van der Waals surface area contributed by atoms with Crippen LogP contribution in [-0.2, 0) is 11.4 Å². The lowest BCUT2D eigenvalue weighted by Gasteiger charge is -2.14. The summed E-state index contributed by atoms with van der Waals surface area (Å²) in [6.07, 6.45) is 3.50. The van der Waals surface area contributed by atoms with Gasteiger partial charge in [0.2, 0.25) is 0 Å². The minimum Gasteiger partial charge on any atom is -0.490 e. The Morgan fingerprint density at radius 1 is 1.17 bits per heavy atom. The van der Waals surface area contributed by atoms with Crippen LogP contribution in [0.4, 0.5) is 0 Å². The number of ether oxygens (including phenoxy) is 2. The van der Waals surface area contributed by atoms with Crippen molar-refractivity contribution in [3.8, 4) is 11.5 Å². The van der Waals surface area contributed by atoms with Crippen LogP contribution in [0.2, 0.25) is 0 Å². The Balaban J connectivity index is 1.81. The molecule has 0 atom stereocenters. The standard InChI is InChI=1S/C23H23NO3S2/c1-4-12-24-22(25)21(29-23(24)28)14-17-10-11-19(20(13-17)26-5-2)27-15-18-9-7-6-8-16(18)3/h4,6-11,13-14H,1,5,12,15H2,2-3H3/b21-14-. The maximum Gasteiger partial charge on any atom is 0.266 e. The molecule has 2 aromatic carbocycles. The Bertz CT molecular complexity index is 968. The second-order valence-electron chi connectivity index (χ2n) is 6.44. The molecule has 4 nitrogen and oxygen atoms in total. The second kappa shape index (κ2) is 9.76. The van der Waals surface area contributed by atoms with E-state index in [-0.39, 0.29) is 5.91 Å². The van der Waals surface area contributed by atoms with Gasteiger partial charge >= 0.3 is 0 Å². The van der Waals surface area contributed by atoms with Crippen molar-refractivity contribution in [3.05, 3.63) is 76.7 Å². The van der Waals surface area contributed by atoms with Crippen LogP contribution in [0.3, 0.4) is 0 Å². The molecule has 6 heteroatoms. The Hall–Kier alpha value is -2.57. The molecule has 1 aliphatic heterocycles. The van der Waals surface area contributed by atoms with Gasteiger partial charge in [-0.25, -0.2) is 0 Å². The van der Waals surface area contributed by atoms with E-state index in [1.807, 2.05) is 43.3 Å². The van der Waals surface area contributed by atoms with E-state index in [0.29, 0.717) is 40.5 Å². The Kier molecular flexibility index (Phi) is 7.12. The molecule has 1 heterocycles. The summed E-state index contributed by atoms with van der Waals surface area (Å²) >= 11 is 6.59. The fourth-order valence-electron chi connectivity index (χ4n) is 2.87. The number of rotatable bonds is 8. The Morgan fingerprint density at radius 3 is 2.69 bits per heavy atom. The molecule has 1 aliphatic rings. The summed E-state index contributed by atoms with van der Waals surface area (Å²) in [5.74, 6) is 1.22. The first-order valence-electron chi connectivity index (χ1n) is 9.34. The number of hydrogen-bond acceptors (Lipinski definition) is 5. The van der Waals surface area contributed by atoms with Crippen LogP contribution in [0.25, 0.3) is 6.08 Å². The van der Waals surface area contributed by atoms with Gasteiger partial charge in [-0.15, -0.1) is 6.58 Å². The molecule has 0 saturated carbocycles. The van der Waals surface area contributed by atoms with Gasteiger partial charge in [-0.2, -0.15) is 0 Å². The van der Waals surface area contributed by atoms with E-state index >= 15 is 0 Å². The van der Waals surface area contributed by atoms with Crippen molar-refractivity contribution in [2.75, 3.05) is 13.2 Å². The zero-order valence-corrected chi connectivity index (χ0v) is 18.1. The van der Waals surface area contributed by atoms with E-state index in [1.54, 1.807) is 11.0 Å². The third-order valence-electron chi connectivity index (χ3n) is 4.40. The zero-order chi connectivity index (χ0) is 20.8. The van der Waals surface area contributed by atoms with Gasteiger partial charge in [0.25, 0.3) is 5.91 Å². The summed E-state index contributed by atoms with van der Waals surface area (Å²) in [6, 6.07) is 13.8. The van der Waals surface area contributed by atoms with Gasteiger partial charge in [-0.1, -0.05) is 60.4 Å². The molecule has 0 spiro atoms. The van der Waals surface area contributed by atoms with Crippen LogP contribution < -0.4 is 9.47 Å². The van der Waals surface area contributed by atoms with Crippen LogP contribution in [0.5, 0.6) is 11.5 Å². The third-order valence-corrected chi connectivity index (χ3v) is 5.77. The lowest BCUT2D eigenvalue weighted by Crippen LogP contribution is -2.27. The van der Waals surface area contributed by atoms with Crippen LogP contribution in [0.1, 0.15) is 23.6 Å². The number of hydrogen-bond donors (Lipinski definition) is 0. The van der Waals surface area contributed by atoms with Crippen molar-refractivity contribution >= 4 is 40.3 Å². The largest absolute Gasteiger partial charge is 0.490 e. The number of amides is 1. The van der Waals surface area contributed by atoms with Crippen LogP contribution in [-0.4, -0.2) is 28.3 Å².